The van der Waals surface area contributed by atoms with Gasteiger partial charge in [-0.25, -0.2) is 0 Å². The Morgan fingerprint density at radius 1 is 0.484 bits per heavy atom. The average Bonchev–Trinajstić information content (AvgIpc) is 3.20. The number of rotatable bonds is 29. The third kappa shape index (κ3) is 20.8. The van der Waals surface area contributed by atoms with Crippen molar-refractivity contribution in [1.29, 1.82) is 0 Å². The minimum absolute atomic E-state index is 0.0947. The van der Waals surface area contributed by atoms with E-state index in [9.17, 15) is 63.0 Å². The average molecular weight is 942 g/mol. The lowest BCUT2D eigenvalue weighted by Crippen LogP contribution is -2.62. The summed E-state index contributed by atoms with van der Waals surface area (Å²) in [4.78, 5) is 139. The number of nitrogens with one attached hydrogen (secondary N) is 9. The van der Waals surface area contributed by atoms with Crippen molar-refractivity contribution in [1.82, 2.24) is 47.9 Å². The number of amides is 9. The van der Waals surface area contributed by atoms with Gasteiger partial charge in [0.05, 0.1) is 19.1 Å². The fourth-order valence-corrected chi connectivity index (χ4v) is 5.68. The highest BCUT2D eigenvalue weighted by Gasteiger charge is 2.35. The second kappa shape index (κ2) is 29.4. The Balaban J connectivity index is 6.01. The Morgan fingerprint density at radius 3 is 1.32 bits per heavy atom. The van der Waals surface area contributed by atoms with E-state index in [1.807, 2.05) is 0 Å². The molecule has 0 bridgehead atoms. The molecule has 0 saturated heterocycles. The van der Waals surface area contributed by atoms with Crippen molar-refractivity contribution in [3.05, 3.63) is 0 Å². The SMILES string of the molecule is C[C@H](NC(=O)[C@H](CS)NC(=O)[C@H](CS)NC(=O)[C@@H](NC(=O)[C@H](CS)NC(=O)[C@H](CCCCN)NC(=O)[C@H](CC(=O)O)NC(=O)[C@H](C)NC(=O)[C@H](C)NC(=O)CN)[C@@H](C)O)C(=O)O. The number of carbonyl (C=O) groups excluding carboxylic acids is 9. The van der Waals surface area contributed by atoms with Gasteiger partial charge in [-0.15, -0.1) is 0 Å². The number of carboxylic acid groups (broad SMARTS) is 2. The fraction of sp³-hybridized carbons (Fsp3) is 0.676. The molecule has 0 aliphatic heterocycles. The third-order valence-electron chi connectivity index (χ3n) is 8.54. The van der Waals surface area contributed by atoms with E-state index in [-0.39, 0.29) is 30.9 Å². The van der Waals surface area contributed by atoms with Gasteiger partial charge < -0.3 is 74.6 Å². The number of aliphatic hydroxyl groups is 1. The molecule has 352 valence electrons. The number of nitrogens with two attached hydrogens (primary N) is 2. The summed E-state index contributed by atoms with van der Waals surface area (Å²) in [5.41, 5.74) is 10.8. The van der Waals surface area contributed by atoms with Crippen molar-refractivity contribution in [3.63, 3.8) is 0 Å². The molecule has 0 saturated carbocycles. The molecule has 28 heteroatoms. The van der Waals surface area contributed by atoms with Gasteiger partial charge in [-0.2, -0.15) is 37.9 Å². The number of carbonyl (C=O) groups is 11. The third-order valence-corrected chi connectivity index (χ3v) is 9.63. The Bertz CT molecular complexity index is 1610. The summed E-state index contributed by atoms with van der Waals surface area (Å²) in [5, 5.41) is 49.5. The Labute approximate surface area is 373 Å². The number of hydrogen-bond donors (Lipinski definition) is 17. The summed E-state index contributed by atoms with van der Waals surface area (Å²) in [6, 6.07) is -13.0. The van der Waals surface area contributed by atoms with Crippen molar-refractivity contribution in [2.75, 3.05) is 30.3 Å². The van der Waals surface area contributed by atoms with Crippen molar-refractivity contribution in [2.24, 2.45) is 11.5 Å². The summed E-state index contributed by atoms with van der Waals surface area (Å²) >= 11 is 12.2. The molecular formula is C34H59N11O14S3. The lowest BCUT2D eigenvalue weighted by Gasteiger charge is -2.28. The van der Waals surface area contributed by atoms with Crippen LogP contribution >= 0.6 is 37.9 Å². The van der Waals surface area contributed by atoms with Crippen LogP contribution in [0, 0.1) is 0 Å². The van der Waals surface area contributed by atoms with E-state index in [1.165, 1.54) is 20.8 Å². The van der Waals surface area contributed by atoms with E-state index in [0.717, 1.165) is 6.92 Å². The molecule has 0 heterocycles. The second-order valence-corrected chi connectivity index (χ2v) is 14.9. The summed E-state index contributed by atoms with van der Waals surface area (Å²) in [7, 11) is 0. The van der Waals surface area contributed by atoms with Gasteiger partial charge in [-0.1, -0.05) is 0 Å². The highest BCUT2D eigenvalue weighted by Crippen LogP contribution is 2.06. The maximum Gasteiger partial charge on any atom is 0.325 e. The zero-order valence-corrected chi connectivity index (χ0v) is 37.1. The molecule has 0 aromatic heterocycles. The van der Waals surface area contributed by atoms with Crippen molar-refractivity contribution in [2.45, 2.75) is 114 Å². The van der Waals surface area contributed by atoms with Gasteiger partial charge in [0.15, 0.2) is 0 Å². The summed E-state index contributed by atoms with van der Waals surface area (Å²) in [5.74, 6) is -12.4. The van der Waals surface area contributed by atoms with Crippen LogP contribution in [0.5, 0.6) is 0 Å². The van der Waals surface area contributed by atoms with Gasteiger partial charge in [0.2, 0.25) is 53.2 Å². The van der Waals surface area contributed by atoms with Crippen LogP contribution in [0.3, 0.4) is 0 Å². The van der Waals surface area contributed by atoms with Crippen LogP contribution in [0.25, 0.3) is 0 Å². The minimum atomic E-state index is -1.78. The van der Waals surface area contributed by atoms with Crippen LogP contribution < -0.4 is 59.3 Å². The van der Waals surface area contributed by atoms with Crippen molar-refractivity contribution < 1.29 is 68.1 Å². The predicted octanol–water partition coefficient (Wildman–Crippen LogP) is -6.77. The summed E-state index contributed by atoms with van der Waals surface area (Å²) in [6.07, 6.45) is -2.04. The molecule has 16 N–H and O–H groups in total. The van der Waals surface area contributed by atoms with Crippen LogP contribution in [-0.4, -0.2) is 171 Å². The van der Waals surface area contributed by atoms with Gasteiger partial charge in [0, 0.05) is 17.3 Å². The monoisotopic (exact) mass is 941 g/mol. The maximum atomic E-state index is 13.6. The molecule has 0 aliphatic rings. The van der Waals surface area contributed by atoms with Crippen LogP contribution in [0.1, 0.15) is 53.4 Å². The highest BCUT2D eigenvalue weighted by atomic mass is 32.1. The van der Waals surface area contributed by atoms with E-state index in [1.54, 1.807) is 0 Å². The summed E-state index contributed by atoms with van der Waals surface area (Å²) in [6.45, 7) is 4.66. The molecule has 0 fully saturated rings. The number of carboxylic acids is 2. The van der Waals surface area contributed by atoms with E-state index in [2.05, 4.69) is 85.7 Å². The molecule has 10 atom stereocenters. The predicted molar refractivity (Wildman–Crippen MR) is 229 cm³/mol. The minimum Gasteiger partial charge on any atom is -0.481 e. The van der Waals surface area contributed by atoms with Gasteiger partial charge in [0.1, 0.15) is 54.4 Å². The normalized spacial score (nSPS) is 15.7. The molecule has 0 aromatic rings. The van der Waals surface area contributed by atoms with E-state index >= 15 is 0 Å². The number of aliphatic hydroxyl groups excluding tert-OH is 1. The van der Waals surface area contributed by atoms with E-state index in [4.69, 9.17) is 16.6 Å². The van der Waals surface area contributed by atoms with Crippen molar-refractivity contribution >= 4 is 103 Å². The number of hydrogen-bond acceptors (Lipinski definition) is 17. The lowest BCUT2D eigenvalue weighted by molar-refractivity contribution is -0.142. The second-order valence-electron chi connectivity index (χ2n) is 13.8. The molecule has 0 spiro atoms. The molecule has 0 radical (unpaired) electrons. The Hall–Kier alpha value is -4.90. The van der Waals surface area contributed by atoms with Crippen LogP contribution in [0.4, 0.5) is 0 Å². The molecule has 0 unspecified atom stereocenters. The summed E-state index contributed by atoms with van der Waals surface area (Å²) < 4.78 is 0. The topological polar surface area (TPSA) is 409 Å². The molecule has 0 aliphatic carbocycles. The zero-order chi connectivity index (χ0) is 47.9. The standard InChI is InChI=1S/C34H59N11O14S3/c1-14(37-23(47)10-36)26(50)38-15(2)27(51)41-19(9-24(48)49)29(53)40-18(7-5-6-8-35)28(52)42-22(13-62)32(56)45-25(17(4)46)33(57)44-21(12-61)31(55)43-20(11-60)30(54)39-16(3)34(58)59/h14-22,25,46,60-62H,5-13,35-36H2,1-4H3,(H,37,47)(H,38,50)(H,39,54)(H,40,53)(H,41,51)(H,42,52)(H,43,55)(H,44,57)(H,45,56)(H,48,49)(H,58,59)/t14-,15-,16-,17+,18-,19-,20-,21-,22-,25-/m0/s1. The first-order valence-corrected chi connectivity index (χ1v) is 21.0. The van der Waals surface area contributed by atoms with Crippen LogP contribution in [0.2, 0.25) is 0 Å². The van der Waals surface area contributed by atoms with Gasteiger partial charge in [-0.3, -0.25) is 52.7 Å². The van der Waals surface area contributed by atoms with Crippen LogP contribution in [0.15, 0.2) is 0 Å². The van der Waals surface area contributed by atoms with E-state index in [0.29, 0.717) is 6.42 Å². The molecule has 0 aromatic carbocycles. The lowest BCUT2D eigenvalue weighted by atomic mass is 10.1. The van der Waals surface area contributed by atoms with Crippen molar-refractivity contribution in [3.8, 4) is 0 Å². The molecule has 62 heavy (non-hydrogen) atoms. The van der Waals surface area contributed by atoms with Gasteiger partial charge >= 0.3 is 11.9 Å². The largest absolute Gasteiger partial charge is 0.481 e. The molecular weight excluding hydrogens is 883 g/mol. The Kier molecular flexibility index (Phi) is 27.1. The van der Waals surface area contributed by atoms with Gasteiger partial charge in [-0.05, 0) is 53.5 Å². The molecule has 0 rings (SSSR count). The van der Waals surface area contributed by atoms with Crippen LogP contribution in [-0.2, 0) is 52.7 Å². The number of thiol groups is 3. The zero-order valence-electron chi connectivity index (χ0n) is 34.5. The Morgan fingerprint density at radius 2 is 0.871 bits per heavy atom. The maximum absolute atomic E-state index is 13.6. The fourth-order valence-electron chi connectivity index (χ4n) is 4.91. The number of unbranched alkanes of at least 4 members (excludes halogenated alkanes) is 1. The van der Waals surface area contributed by atoms with Gasteiger partial charge in [0.25, 0.3) is 0 Å². The first kappa shape index (κ1) is 57.1. The number of aliphatic carboxylic acids is 2. The molecule has 25 nitrogen and oxygen atoms in total. The van der Waals surface area contributed by atoms with E-state index < -0.39 is 144 Å². The first-order valence-electron chi connectivity index (χ1n) is 19.1. The highest BCUT2D eigenvalue weighted by molar-refractivity contribution is 7.80. The first-order chi connectivity index (χ1) is 29.0. The quantitative estimate of drug-likeness (QED) is 0.0245. The molecule has 9 amide bonds. The smallest absolute Gasteiger partial charge is 0.325 e.